The zero-order chi connectivity index (χ0) is 11.9. The summed E-state index contributed by atoms with van der Waals surface area (Å²) in [7, 11) is 0. The second-order valence-corrected chi connectivity index (χ2v) is 6.20. The molecule has 0 fully saturated rings. The fraction of sp³-hybridized carbons (Fsp3) is 0.733. The van der Waals surface area contributed by atoms with Crippen molar-refractivity contribution in [2.24, 2.45) is 23.2 Å². The molecule has 0 radical (unpaired) electrons. The lowest BCUT2D eigenvalue weighted by atomic mass is 9.67. The Morgan fingerprint density at radius 3 is 2.50 bits per heavy atom. The van der Waals surface area contributed by atoms with Crippen molar-refractivity contribution in [2.75, 3.05) is 0 Å². The van der Waals surface area contributed by atoms with Crippen molar-refractivity contribution in [1.82, 2.24) is 0 Å². The van der Waals surface area contributed by atoms with E-state index in [2.05, 4.69) is 39.8 Å². The van der Waals surface area contributed by atoms with E-state index in [1.54, 1.807) is 0 Å². The van der Waals surface area contributed by atoms with E-state index in [0.29, 0.717) is 17.3 Å². The molecule has 16 heavy (non-hydrogen) atoms. The van der Waals surface area contributed by atoms with Gasteiger partial charge in [-0.15, -0.1) is 0 Å². The smallest absolute Gasteiger partial charge is 0.0746 e. The van der Waals surface area contributed by atoms with Gasteiger partial charge in [0.25, 0.3) is 0 Å². The third-order valence-corrected chi connectivity index (χ3v) is 4.92. The van der Waals surface area contributed by atoms with Gasteiger partial charge in [-0.25, -0.2) is 0 Å². The van der Waals surface area contributed by atoms with E-state index in [4.69, 9.17) is 0 Å². The van der Waals surface area contributed by atoms with Gasteiger partial charge in [0.15, 0.2) is 0 Å². The molecule has 0 saturated heterocycles. The second kappa shape index (κ2) is 4.03. The lowest BCUT2D eigenvalue weighted by Crippen LogP contribution is -2.32. The molecule has 1 nitrogen and oxygen atoms in total. The van der Waals surface area contributed by atoms with Gasteiger partial charge < -0.3 is 5.11 Å². The number of aliphatic hydroxyl groups is 1. The van der Waals surface area contributed by atoms with Gasteiger partial charge in [-0.3, -0.25) is 0 Å². The quantitative estimate of drug-likeness (QED) is 0.670. The van der Waals surface area contributed by atoms with Gasteiger partial charge in [0.2, 0.25) is 0 Å². The van der Waals surface area contributed by atoms with Crippen LogP contribution < -0.4 is 0 Å². The summed E-state index contributed by atoms with van der Waals surface area (Å²) in [5.74, 6) is 1.77. The molecule has 0 aromatic rings. The average Bonchev–Trinajstić information content (AvgIpc) is 2.47. The highest BCUT2D eigenvalue weighted by Gasteiger charge is 2.40. The van der Waals surface area contributed by atoms with Crippen LogP contribution in [0.15, 0.2) is 23.8 Å². The predicted molar refractivity (Wildman–Crippen MR) is 68.1 cm³/mol. The molecule has 0 aliphatic heterocycles. The van der Waals surface area contributed by atoms with Crippen LogP contribution in [0.25, 0.3) is 0 Å². The summed E-state index contributed by atoms with van der Waals surface area (Å²) in [5, 5.41) is 9.72. The summed E-state index contributed by atoms with van der Waals surface area (Å²) < 4.78 is 0. The predicted octanol–water partition coefficient (Wildman–Crippen LogP) is 3.55. The van der Waals surface area contributed by atoms with Crippen molar-refractivity contribution < 1.29 is 5.11 Å². The zero-order valence-corrected chi connectivity index (χ0v) is 10.9. The Bertz CT molecular complexity index is 324. The minimum atomic E-state index is -0.227. The molecule has 0 spiro atoms. The maximum absolute atomic E-state index is 9.72. The Morgan fingerprint density at radius 2 is 2.00 bits per heavy atom. The fourth-order valence-electron chi connectivity index (χ4n) is 3.26. The molecule has 0 saturated carbocycles. The third kappa shape index (κ3) is 1.86. The van der Waals surface area contributed by atoms with Crippen molar-refractivity contribution >= 4 is 0 Å². The van der Waals surface area contributed by atoms with Crippen molar-refractivity contribution in [3.8, 4) is 0 Å². The van der Waals surface area contributed by atoms with Gasteiger partial charge in [0, 0.05) is 0 Å². The summed E-state index contributed by atoms with van der Waals surface area (Å²) >= 11 is 0. The topological polar surface area (TPSA) is 20.2 Å². The Hall–Kier alpha value is -0.560. The number of allylic oxidation sites excluding steroid dienone is 3. The molecular formula is C15H24O. The van der Waals surface area contributed by atoms with Crippen molar-refractivity contribution in [1.29, 1.82) is 0 Å². The van der Waals surface area contributed by atoms with Gasteiger partial charge in [0.1, 0.15) is 0 Å². The molecule has 2 aliphatic rings. The Labute approximate surface area is 99.3 Å². The van der Waals surface area contributed by atoms with Crippen LogP contribution in [0.2, 0.25) is 0 Å². The van der Waals surface area contributed by atoms with Crippen LogP contribution in [0.4, 0.5) is 0 Å². The minimum absolute atomic E-state index is 0.227. The van der Waals surface area contributed by atoms with Gasteiger partial charge >= 0.3 is 0 Å². The minimum Gasteiger partial charge on any atom is -0.389 e. The van der Waals surface area contributed by atoms with E-state index in [9.17, 15) is 5.11 Å². The highest BCUT2D eigenvalue weighted by atomic mass is 16.3. The monoisotopic (exact) mass is 220 g/mol. The zero-order valence-electron chi connectivity index (χ0n) is 10.9. The number of aliphatic hydroxyl groups excluding tert-OH is 1. The van der Waals surface area contributed by atoms with E-state index in [-0.39, 0.29) is 6.10 Å². The molecule has 1 heteroatoms. The summed E-state index contributed by atoms with van der Waals surface area (Å²) in [5.41, 5.74) is 1.86. The first-order valence-corrected chi connectivity index (χ1v) is 6.46. The maximum atomic E-state index is 9.72. The third-order valence-electron chi connectivity index (χ3n) is 4.92. The van der Waals surface area contributed by atoms with Crippen LogP contribution >= 0.6 is 0 Å². The summed E-state index contributed by atoms with van der Waals surface area (Å²) in [6, 6.07) is 0. The highest BCUT2D eigenvalue weighted by molar-refractivity contribution is 5.21. The Balaban J connectivity index is 2.14. The fourth-order valence-corrected chi connectivity index (χ4v) is 3.26. The van der Waals surface area contributed by atoms with Crippen LogP contribution in [-0.2, 0) is 0 Å². The molecule has 0 unspecified atom stereocenters. The first-order valence-electron chi connectivity index (χ1n) is 6.46. The van der Waals surface area contributed by atoms with Crippen molar-refractivity contribution in [3.05, 3.63) is 23.8 Å². The number of hydrogen-bond acceptors (Lipinski definition) is 1. The van der Waals surface area contributed by atoms with Crippen LogP contribution in [0, 0.1) is 23.2 Å². The van der Waals surface area contributed by atoms with E-state index < -0.39 is 0 Å². The largest absolute Gasteiger partial charge is 0.389 e. The lowest BCUT2D eigenvalue weighted by Gasteiger charge is -2.38. The first-order chi connectivity index (χ1) is 7.43. The van der Waals surface area contributed by atoms with Crippen LogP contribution in [0.3, 0.4) is 0 Å². The highest BCUT2D eigenvalue weighted by Crippen LogP contribution is 2.49. The molecule has 2 aliphatic carbocycles. The van der Waals surface area contributed by atoms with E-state index >= 15 is 0 Å². The van der Waals surface area contributed by atoms with Crippen molar-refractivity contribution in [2.45, 2.75) is 46.6 Å². The van der Waals surface area contributed by atoms with Gasteiger partial charge in [-0.05, 0) is 42.9 Å². The van der Waals surface area contributed by atoms with Crippen LogP contribution in [-0.4, -0.2) is 11.2 Å². The van der Waals surface area contributed by atoms with E-state index in [1.807, 2.05) is 6.08 Å². The molecule has 0 heterocycles. The molecule has 0 aromatic heterocycles. The number of hydrogen-bond donors (Lipinski definition) is 1. The van der Waals surface area contributed by atoms with Crippen LogP contribution in [0.5, 0.6) is 0 Å². The summed E-state index contributed by atoms with van der Waals surface area (Å²) in [4.78, 5) is 0. The standard InChI is InChI=1S/C15H24O/c1-10-9-12(6-8-14(10)16)13-7-5-11(2)15(13,3)4/h5-6,8,10,12-14,16H,7,9H2,1-4H3/t10-,12+,13+,14+/m1/s1. The summed E-state index contributed by atoms with van der Waals surface area (Å²) in [6.45, 7) is 9.13. The van der Waals surface area contributed by atoms with Gasteiger partial charge in [0.05, 0.1) is 6.10 Å². The average molecular weight is 220 g/mol. The van der Waals surface area contributed by atoms with Crippen molar-refractivity contribution in [3.63, 3.8) is 0 Å². The SMILES string of the molecule is CC1=CC[C@@H]([C@H]2C=C[C@H](O)[C@H](C)C2)C1(C)C. The van der Waals surface area contributed by atoms with Gasteiger partial charge in [-0.2, -0.15) is 0 Å². The molecule has 0 amide bonds. The Morgan fingerprint density at radius 1 is 1.31 bits per heavy atom. The number of rotatable bonds is 1. The van der Waals surface area contributed by atoms with E-state index in [0.717, 1.165) is 12.3 Å². The second-order valence-electron chi connectivity index (χ2n) is 6.20. The first kappa shape index (κ1) is 11.9. The normalized spacial score (nSPS) is 42.2. The molecular weight excluding hydrogens is 196 g/mol. The maximum Gasteiger partial charge on any atom is 0.0746 e. The Kier molecular flexibility index (Phi) is 3.00. The molecule has 0 bridgehead atoms. The summed E-state index contributed by atoms with van der Waals surface area (Å²) in [6.07, 6.45) is 8.76. The molecule has 2 rings (SSSR count). The lowest BCUT2D eigenvalue weighted by molar-refractivity contribution is 0.112. The molecule has 90 valence electrons. The molecule has 4 atom stereocenters. The van der Waals surface area contributed by atoms with Crippen LogP contribution in [0.1, 0.15) is 40.5 Å². The van der Waals surface area contributed by atoms with Gasteiger partial charge in [-0.1, -0.05) is 44.6 Å². The molecule has 1 N–H and O–H groups in total. The molecule has 0 aromatic carbocycles. The van der Waals surface area contributed by atoms with E-state index in [1.165, 1.54) is 12.0 Å².